The summed E-state index contributed by atoms with van der Waals surface area (Å²) in [4.78, 5) is 38.9. The van der Waals surface area contributed by atoms with Crippen molar-refractivity contribution in [2.45, 2.75) is 47.0 Å². The summed E-state index contributed by atoms with van der Waals surface area (Å²) in [6.07, 6.45) is 4.15. The van der Waals surface area contributed by atoms with Gasteiger partial charge in [-0.15, -0.1) is 10.2 Å². The lowest BCUT2D eigenvalue weighted by Crippen LogP contribution is -2.52. The number of benzene rings is 1. The fourth-order valence-electron chi connectivity index (χ4n) is 3.69. The first-order chi connectivity index (χ1) is 16.7. The first-order valence-electron chi connectivity index (χ1n) is 11.7. The molecule has 0 spiro atoms. The molecule has 11 nitrogen and oxygen atoms in total. The molecule has 0 fully saturated rings. The monoisotopic (exact) mass is 485 g/mol. The average molecular weight is 486 g/mol. The second-order valence-electron chi connectivity index (χ2n) is 9.25. The lowest BCUT2D eigenvalue weighted by Gasteiger charge is -2.30. The number of allylic oxidation sites excluding steroid dienone is 1. The molecule has 0 aliphatic heterocycles. The number of hydrogen-bond acceptors (Lipinski definition) is 7. The minimum Gasteiger partial charge on any atom is -0.289 e. The van der Waals surface area contributed by atoms with Gasteiger partial charge in [0.2, 0.25) is 17.7 Å². The normalized spacial score (nSPS) is 13.1. The van der Waals surface area contributed by atoms with Crippen LogP contribution in [-0.2, 0) is 20.8 Å². The van der Waals surface area contributed by atoms with Crippen molar-refractivity contribution < 1.29 is 19.6 Å². The molecule has 2 atom stereocenters. The maximum atomic E-state index is 13.4. The zero-order valence-corrected chi connectivity index (χ0v) is 20.6. The molecule has 0 aliphatic rings. The lowest BCUT2D eigenvalue weighted by atomic mass is 9.82. The van der Waals surface area contributed by atoms with Crippen molar-refractivity contribution in [1.82, 2.24) is 36.5 Å². The van der Waals surface area contributed by atoms with Crippen LogP contribution in [0.15, 0.2) is 36.4 Å². The Morgan fingerprint density at radius 2 is 1.77 bits per heavy atom. The average Bonchev–Trinajstić information content (AvgIpc) is 3.33. The lowest BCUT2D eigenvalue weighted by molar-refractivity contribution is -0.147. The number of nitrogens with zero attached hydrogens (tertiary/aromatic N) is 4. The largest absolute Gasteiger partial charge is 0.289 e. The smallest absolute Gasteiger partial charge is 0.248 e. The number of hydrazine groups is 1. The van der Waals surface area contributed by atoms with E-state index in [1.54, 1.807) is 5.48 Å². The van der Waals surface area contributed by atoms with Crippen LogP contribution in [0.3, 0.4) is 0 Å². The second-order valence-corrected chi connectivity index (χ2v) is 9.25. The molecule has 3 amide bonds. The molecule has 1 aromatic carbocycles. The SMILES string of the molecule is CC(C)C[C@@H](C(=O)NN(CC(C)C)C(=O)Cc1nn[nH]n1)[C@H](C/C=C/c1ccccc1)C(=O)NO. The summed E-state index contributed by atoms with van der Waals surface area (Å²) in [5.41, 5.74) is 5.36. The zero-order valence-electron chi connectivity index (χ0n) is 20.6. The molecule has 2 aromatic rings. The Hall–Kier alpha value is -3.60. The van der Waals surface area contributed by atoms with Crippen molar-refractivity contribution in [3.05, 3.63) is 47.8 Å². The second kappa shape index (κ2) is 14.0. The highest BCUT2D eigenvalue weighted by Gasteiger charge is 2.35. The molecule has 0 radical (unpaired) electrons. The summed E-state index contributed by atoms with van der Waals surface area (Å²) in [6.45, 7) is 8.00. The molecule has 0 saturated heterocycles. The molecule has 35 heavy (non-hydrogen) atoms. The number of tetrazole rings is 1. The van der Waals surface area contributed by atoms with Crippen LogP contribution >= 0.6 is 0 Å². The molecule has 1 aromatic heterocycles. The van der Waals surface area contributed by atoms with Gasteiger partial charge in [0.05, 0.1) is 18.3 Å². The third-order valence-corrected chi connectivity index (χ3v) is 5.29. The molecule has 1 heterocycles. The maximum absolute atomic E-state index is 13.4. The number of aromatic amines is 1. The van der Waals surface area contributed by atoms with E-state index in [1.807, 2.05) is 70.2 Å². The molecule has 2 rings (SSSR count). The van der Waals surface area contributed by atoms with Crippen LogP contribution in [0.1, 0.15) is 51.9 Å². The minimum absolute atomic E-state index is 0.0680. The summed E-state index contributed by atoms with van der Waals surface area (Å²) in [5, 5.41) is 24.0. The zero-order chi connectivity index (χ0) is 25.8. The number of rotatable bonds is 12. The standard InChI is InChI=1S/C24H35N7O4/c1-16(2)13-20(19(24(34)28-35)12-8-11-18-9-6-5-7-10-18)23(33)27-31(15-17(3)4)22(32)14-21-25-29-30-26-21/h5-11,16-17,19-20,35H,12-15H2,1-4H3,(H,27,33)(H,28,34)(H,25,26,29,30)/b11-8+/t19-,20+/m0/s1. The predicted molar refractivity (Wildman–Crippen MR) is 129 cm³/mol. The van der Waals surface area contributed by atoms with Gasteiger partial charge in [0.25, 0.3) is 0 Å². The van der Waals surface area contributed by atoms with Crippen molar-refractivity contribution >= 4 is 23.8 Å². The molecule has 190 valence electrons. The van der Waals surface area contributed by atoms with Crippen LogP contribution in [0, 0.1) is 23.7 Å². The molecule has 0 saturated carbocycles. The van der Waals surface area contributed by atoms with E-state index in [1.165, 1.54) is 5.01 Å². The van der Waals surface area contributed by atoms with E-state index in [-0.39, 0.29) is 37.0 Å². The van der Waals surface area contributed by atoms with E-state index in [4.69, 9.17) is 0 Å². The van der Waals surface area contributed by atoms with E-state index in [0.29, 0.717) is 6.42 Å². The Morgan fingerprint density at radius 3 is 2.34 bits per heavy atom. The molecule has 4 N–H and O–H groups in total. The Bertz CT molecular complexity index is 962. The van der Waals surface area contributed by atoms with Crippen LogP contribution in [0.4, 0.5) is 0 Å². The third-order valence-electron chi connectivity index (χ3n) is 5.29. The molecule has 0 bridgehead atoms. The number of carbonyl (C=O) groups excluding carboxylic acids is 3. The van der Waals surface area contributed by atoms with Crippen molar-refractivity contribution in [3.63, 3.8) is 0 Å². The van der Waals surface area contributed by atoms with Gasteiger partial charge >= 0.3 is 0 Å². The fourth-order valence-corrected chi connectivity index (χ4v) is 3.69. The van der Waals surface area contributed by atoms with E-state index in [2.05, 4.69) is 26.0 Å². The van der Waals surface area contributed by atoms with Crippen LogP contribution in [0.5, 0.6) is 0 Å². The number of nitrogens with one attached hydrogen (secondary N) is 3. The third kappa shape index (κ3) is 9.28. The van der Waals surface area contributed by atoms with E-state index in [9.17, 15) is 19.6 Å². The summed E-state index contributed by atoms with van der Waals surface area (Å²) in [7, 11) is 0. The number of H-pyrrole nitrogens is 1. The van der Waals surface area contributed by atoms with Gasteiger partial charge in [0, 0.05) is 6.54 Å². The van der Waals surface area contributed by atoms with Gasteiger partial charge in [-0.3, -0.25) is 30.0 Å². The molecular weight excluding hydrogens is 450 g/mol. The van der Waals surface area contributed by atoms with Crippen LogP contribution in [-0.4, -0.2) is 55.1 Å². The predicted octanol–water partition coefficient (Wildman–Crippen LogP) is 2.15. The van der Waals surface area contributed by atoms with Crippen molar-refractivity contribution in [1.29, 1.82) is 0 Å². The van der Waals surface area contributed by atoms with Gasteiger partial charge in [0.1, 0.15) is 0 Å². The van der Waals surface area contributed by atoms with Crippen molar-refractivity contribution in [2.75, 3.05) is 6.54 Å². The molecule has 0 aliphatic carbocycles. The molecule has 0 unspecified atom stereocenters. The quantitative estimate of drug-likeness (QED) is 0.265. The van der Waals surface area contributed by atoms with Gasteiger partial charge < -0.3 is 0 Å². The Labute approximate surface area is 205 Å². The number of carbonyl (C=O) groups is 3. The number of aromatic nitrogens is 4. The van der Waals surface area contributed by atoms with Gasteiger partial charge in [-0.25, -0.2) is 5.48 Å². The topological polar surface area (TPSA) is 153 Å². The fraction of sp³-hybridized carbons (Fsp3) is 0.500. The van der Waals surface area contributed by atoms with E-state index in [0.717, 1.165) is 5.56 Å². The summed E-state index contributed by atoms with van der Waals surface area (Å²) in [5.74, 6) is -2.78. The highest BCUT2D eigenvalue weighted by Crippen LogP contribution is 2.25. The van der Waals surface area contributed by atoms with E-state index < -0.39 is 29.6 Å². The Balaban J connectivity index is 2.23. The van der Waals surface area contributed by atoms with Gasteiger partial charge in [-0.2, -0.15) is 5.21 Å². The van der Waals surface area contributed by atoms with Crippen molar-refractivity contribution in [3.8, 4) is 0 Å². The van der Waals surface area contributed by atoms with Gasteiger partial charge in [0.15, 0.2) is 5.82 Å². The molecule has 11 heteroatoms. The van der Waals surface area contributed by atoms with E-state index >= 15 is 0 Å². The summed E-state index contributed by atoms with van der Waals surface area (Å²) in [6, 6.07) is 9.57. The Morgan fingerprint density at radius 1 is 1.06 bits per heavy atom. The number of hydrogen-bond donors (Lipinski definition) is 4. The van der Waals surface area contributed by atoms with Gasteiger partial charge in [-0.05, 0) is 30.2 Å². The van der Waals surface area contributed by atoms with Crippen molar-refractivity contribution in [2.24, 2.45) is 23.7 Å². The highest BCUT2D eigenvalue weighted by molar-refractivity contribution is 5.89. The number of hydroxylamine groups is 1. The van der Waals surface area contributed by atoms with Crippen LogP contribution in [0.2, 0.25) is 0 Å². The van der Waals surface area contributed by atoms with Crippen LogP contribution in [0.25, 0.3) is 6.08 Å². The van der Waals surface area contributed by atoms with Gasteiger partial charge in [-0.1, -0.05) is 75.4 Å². The summed E-state index contributed by atoms with van der Waals surface area (Å²) >= 11 is 0. The van der Waals surface area contributed by atoms with Crippen LogP contribution < -0.4 is 10.9 Å². The first-order valence-corrected chi connectivity index (χ1v) is 11.7. The first kappa shape index (κ1) is 27.6. The summed E-state index contributed by atoms with van der Waals surface area (Å²) < 4.78 is 0. The maximum Gasteiger partial charge on any atom is 0.248 e. The highest BCUT2D eigenvalue weighted by atomic mass is 16.5. The number of amides is 3. The molecular formula is C24H35N7O4. The Kier molecular flexibility index (Phi) is 11.0. The minimum atomic E-state index is -0.837.